The Bertz CT molecular complexity index is 1130. The number of nitrogens with one attached hydrogen (secondary N) is 1. The van der Waals surface area contributed by atoms with Crippen LogP contribution in [0, 0.1) is 12.8 Å². The fourth-order valence-electron chi connectivity index (χ4n) is 4.62. The van der Waals surface area contributed by atoms with Crippen molar-refractivity contribution < 1.29 is 9.90 Å². The molecule has 4 rings (SSSR count). The van der Waals surface area contributed by atoms with Crippen molar-refractivity contribution in [2.24, 2.45) is 5.92 Å². The number of nitrogens with zero attached hydrogens (tertiary/aromatic N) is 1. The second kappa shape index (κ2) is 9.48. The van der Waals surface area contributed by atoms with Gasteiger partial charge in [-0.15, -0.1) is 0 Å². The molecule has 1 aromatic heterocycles. The quantitative estimate of drug-likeness (QED) is 0.595. The topological polar surface area (TPSA) is 71.3 Å². The molecule has 1 atom stereocenters. The molecule has 2 aromatic carbocycles. The number of pyridine rings is 1. The Hall–Kier alpha value is -2.92. The highest BCUT2D eigenvalue weighted by Gasteiger charge is 2.24. The number of aryl methyl sites for hydroxylation is 2. The largest absolute Gasteiger partial charge is 0.373 e. The second-order valence-electron chi connectivity index (χ2n) is 8.58. The summed E-state index contributed by atoms with van der Waals surface area (Å²) < 4.78 is 1.45. The van der Waals surface area contributed by atoms with Gasteiger partial charge in [0.25, 0.3) is 5.56 Å². The summed E-state index contributed by atoms with van der Waals surface area (Å²) in [6.45, 7) is 2.05. The molecule has 5 heteroatoms. The molecule has 0 spiro atoms. The van der Waals surface area contributed by atoms with Gasteiger partial charge in [0.05, 0.1) is 0 Å². The maximum absolute atomic E-state index is 13.1. The van der Waals surface area contributed by atoms with Gasteiger partial charge in [0.2, 0.25) is 5.91 Å². The zero-order chi connectivity index (χ0) is 21.8. The van der Waals surface area contributed by atoms with Crippen molar-refractivity contribution in [3.63, 3.8) is 0 Å². The van der Waals surface area contributed by atoms with Crippen molar-refractivity contribution in [3.8, 4) is 0 Å². The van der Waals surface area contributed by atoms with Gasteiger partial charge in [-0.25, -0.2) is 0 Å². The van der Waals surface area contributed by atoms with Crippen molar-refractivity contribution in [2.45, 2.75) is 58.1 Å². The SMILES string of the molecule is Cc1ccccc1CCC(=O)Nc1cccc2c(=O)n(C(O)C3CCCCC3)ccc12. The molecule has 0 saturated heterocycles. The van der Waals surface area contributed by atoms with Crippen LogP contribution in [-0.4, -0.2) is 15.6 Å². The van der Waals surface area contributed by atoms with Crippen LogP contribution in [0.15, 0.2) is 59.5 Å². The molecule has 1 aliphatic rings. The van der Waals surface area contributed by atoms with Crippen LogP contribution < -0.4 is 10.9 Å². The number of carbonyl (C=O) groups excluding carboxylic acids is 1. The molecule has 5 nitrogen and oxygen atoms in total. The molecule has 1 saturated carbocycles. The number of benzene rings is 2. The van der Waals surface area contributed by atoms with Gasteiger partial charge in [-0.1, -0.05) is 49.6 Å². The van der Waals surface area contributed by atoms with Gasteiger partial charge in [0.1, 0.15) is 6.23 Å². The molecule has 0 aliphatic heterocycles. The van der Waals surface area contributed by atoms with Gasteiger partial charge in [0.15, 0.2) is 0 Å². The standard InChI is InChI=1S/C26H30N2O3/c1-18-8-5-6-9-19(18)14-15-24(29)27-23-13-7-12-22-21(23)16-17-28(26(22)31)25(30)20-10-3-2-4-11-20/h5-9,12-13,16-17,20,25,30H,2-4,10-11,14-15H2,1H3,(H,27,29). The lowest BCUT2D eigenvalue weighted by atomic mass is 9.88. The molecule has 31 heavy (non-hydrogen) atoms. The molecule has 0 bridgehead atoms. The van der Waals surface area contributed by atoms with Crippen LogP contribution in [0.1, 0.15) is 55.9 Å². The van der Waals surface area contributed by atoms with Gasteiger partial charge in [-0.05, 0) is 55.5 Å². The Kier molecular flexibility index (Phi) is 6.52. The highest BCUT2D eigenvalue weighted by atomic mass is 16.3. The Labute approximate surface area is 182 Å². The van der Waals surface area contributed by atoms with Gasteiger partial charge in [-0.2, -0.15) is 0 Å². The summed E-state index contributed by atoms with van der Waals surface area (Å²) >= 11 is 0. The number of aliphatic hydroxyl groups is 1. The number of carbonyl (C=O) groups is 1. The highest BCUT2D eigenvalue weighted by Crippen LogP contribution is 2.31. The fraction of sp³-hybridized carbons (Fsp3) is 0.385. The second-order valence-corrected chi connectivity index (χ2v) is 8.58. The third-order valence-electron chi connectivity index (χ3n) is 6.49. The average molecular weight is 419 g/mol. The Morgan fingerprint density at radius 2 is 1.84 bits per heavy atom. The number of aromatic nitrogens is 1. The van der Waals surface area contributed by atoms with Gasteiger partial charge < -0.3 is 10.4 Å². The van der Waals surface area contributed by atoms with Crippen molar-refractivity contribution in [1.29, 1.82) is 0 Å². The maximum Gasteiger partial charge on any atom is 0.260 e. The van der Waals surface area contributed by atoms with E-state index in [1.165, 1.54) is 16.6 Å². The van der Waals surface area contributed by atoms with E-state index >= 15 is 0 Å². The smallest absolute Gasteiger partial charge is 0.260 e. The summed E-state index contributed by atoms with van der Waals surface area (Å²) in [6.07, 6.45) is 7.19. The van der Waals surface area contributed by atoms with E-state index in [-0.39, 0.29) is 17.4 Å². The minimum atomic E-state index is -0.801. The summed E-state index contributed by atoms with van der Waals surface area (Å²) in [5.41, 5.74) is 2.75. The number of hydrogen-bond acceptors (Lipinski definition) is 3. The molecular weight excluding hydrogens is 388 g/mol. The van der Waals surface area contributed by atoms with Crippen LogP contribution in [0.25, 0.3) is 10.8 Å². The maximum atomic E-state index is 13.1. The lowest BCUT2D eigenvalue weighted by Crippen LogP contribution is -2.30. The minimum Gasteiger partial charge on any atom is -0.373 e. The minimum absolute atomic E-state index is 0.0813. The van der Waals surface area contributed by atoms with E-state index in [9.17, 15) is 14.7 Å². The van der Waals surface area contributed by atoms with Crippen LogP contribution >= 0.6 is 0 Å². The first-order valence-electron chi connectivity index (χ1n) is 11.2. The summed E-state index contributed by atoms with van der Waals surface area (Å²) in [4.78, 5) is 25.7. The monoisotopic (exact) mass is 418 g/mol. The average Bonchev–Trinajstić information content (AvgIpc) is 2.79. The van der Waals surface area contributed by atoms with E-state index < -0.39 is 6.23 Å². The Balaban J connectivity index is 1.52. The first kappa shape index (κ1) is 21.3. The van der Waals surface area contributed by atoms with Crippen molar-refractivity contribution >= 4 is 22.4 Å². The number of anilines is 1. The summed E-state index contributed by atoms with van der Waals surface area (Å²) in [5.74, 6) is 0.0374. The van der Waals surface area contributed by atoms with E-state index in [4.69, 9.17) is 0 Å². The number of amides is 1. The number of aliphatic hydroxyl groups excluding tert-OH is 1. The summed E-state index contributed by atoms with van der Waals surface area (Å²) in [7, 11) is 0. The van der Waals surface area contributed by atoms with Crippen LogP contribution in [-0.2, 0) is 11.2 Å². The lowest BCUT2D eigenvalue weighted by molar-refractivity contribution is -0.116. The molecule has 1 heterocycles. The molecule has 2 N–H and O–H groups in total. The molecule has 0 radical (unpaired) electrons. The molecule has 1 aliphatic carbocycles. The summed E-state index contributed by atoms with van der Waals surface area (Å²) in [6, 6.07) is 15.2. The van der Waals surface area contributed by atoms with E-state index in [0.717, 1.165) is 31.2 Å². The lowest BCUT2D eigenvalue weighted by Gasteiger charge is -2.28. The van der Waals surface area contributed by atoms with Gasteiger partial charge >= 0.3 is 0 Å². The third kappa shape index (κ3) is 4.72. The highest BCUT2D eigenvalue weighted by molar-refractivity contribution is 6.01. The van der Waals surface area contributed by atoms with Crippen LogP contribution in [0.2, 0.25) is 0 Å². The molecule has 1 fully saturated rings. The fourth-order valence-corrected chi connectivity index (χ4v) is 4.62. The molecule has 162 valence electrons. The van der Waals surface area contributed by atoms with Crippen LogP contribution in [0.4, 0.5) is 5.69 Å². The van der Waals surface area contributed by atoms with Gasteiger partial charge in [0, 0.05) is 35.0 Å². The number of hydrogen-bond donors (Lipinski definition) is 2. The normalized spacial score (nSPS) is 15.7. The zero-order valence-corrected chi connectivity index (χ0v) is 18.0. The number of rotatable bonds is 6. The van der Waals surface area contributed by atoms with Crippen molar-refractivity contribution in [1.82, 2.24) is 4.57 Å². The van der Waals surface area contributed by atoms with E-state index in [0.29, 0.717) is 29.3 Å². The first-order chi connectivity index (χ1) is 15.0. The first-order valence-corrected chi connectivity index (χ1v) is 11.2. The van der Waals surface area contributed by atoms with Crippen LogP contribution in [0.3, 0.4) is 0 Å². The van der Waals surface area contributed by atoms with Crippen molar-refractivity contribution in [3.05, 3.63) is 76.2 Å². The van der Waals surface area contributed by atoms with E-state index in [1.807, 2.05) is 43.3 Å². The Morgan fingerprint density at radius 1 is 1.06 bits per heavy atom. The molecule has 1 amide bonds. The molecular formula is C26H30N2O3. The molecule has 1 unspecified atom stereocenters. The van der Waals surface area contributed by atoms with E-state index in [2.05, 4.69) is 5.32 Å². The number of fused-ring (bicyclic) bond motifs is 1. The zero-order valence-electron chi connectivity index (χ0n) is 18.0. The van der Waals surface area contributed by atoms with Crippen molar-refractivity contribution in [2.75, 3.05) is 5.32 Å². The van der Waals surface area contributed by atoms with Gasteiger partial charge in [-0.3, -0.25) is 14.2 Å². The van der Waals surface area contributed by atoms with E-state index in [1.54, 1.807) is 18.3 Å². The molecule has 3 aromatic rings. The predicted molar refractivity (Wildman–Crippen MR) is 124 cm³/mol. The van der Waals surface area contributed by atoms with Crippen LogP contribution in [0.5, 0.6) is 0 Å². The summed E-state index contributed by atoms with van der Waals surface area (Å²) in [5, 5.41) is 15.0. The predicted octanol–water partition coefficient (Wildman–Crippen LogP) is 4.95. The Morgan fingerprint density at radius 3 is 2.61 bits per heavy atom. The third-order valence-corrected chi connectivity index (χ3v) is 6.49.